The van der Waals surface area contributed by atoms with Crippen LogP contribution in [0.2, 0.25) is 10.0 Å². The van der Waals surface area contributed by atoms with Crippen molar-refractivity contribution in [3.05, 3.63) is 46.5 Å². The molecule has 0 aliphatic rings. The first-order valence-electron chi connectivity index (χ1n) is 5.91. The van der Waals surface area contributed by atoms with Crippen LogP contribution in [0.4, 0.5) is 0 Å². The Morgan fingerprint density at radius 1 is 1.52 bits per heavy atom. The maximum atomic E-state index is 11.8. The molecule has 1 rings (SSSR count). The highest BCUT2D eigenvalue weighted by Gasteiger charge is 2.19. The molecule has 5 nitrogen and oxygen atoms in total. The van der Waals surface area contributed by atoms with Gasteiger partial charge in [-0.2, -0.15) is 5.26 Å². The lowest BCUT2D eigenvalue weighted by atomic mass is 10.1. The second-order valence-electron chi connectivity index (χ2n) is 4.17. The highest BCUT2D eigenvalue weighted by atomic mass is 35.5. The Kier molecular flexibility index (Phi) is 6.22. The second kappa shape index (κ2) is 7.67. The van der Waals surface area contributed by atoms with Crippen LogP contribution in [0.25, 0.3) is 0 Å². The minimum absolute atomic E-state index is 0.193. The maximum Gasteiger partial charge on any atom is 0.246 e. The third-order valence-corrected chi connectivity index (χ3v) is 3.49. The standard InChI is InChI=1S/C14H13Cl2N3O2/c1-3-13(21)19(2)8-12(20)18-11(7-17)9-5-4-6-10(15)14(9)16/h3-6,11H,1,8H2,2H3,(H,18,20). The minimum Gasteiger partial charge on any atom is -0.335 e. The zero-order chi connectivity index (χ0) is 16.0. The SMILES string of the molecule is C=CC(=O)N(C)CC(=O)NC(C#N)c1cccc(Cl)c1Cl. The first-order chi connectivity index (χ1) is 9.90. The molecule has 0 spiro atoms. The number of carbonyl (C=O) groups excluding carboxylic acids is 2. The quantitative estimate of drug-likeness (QED) is 0.844. The van der Waals surface area contributed by atoms with E-state index in [9.17, 15) is 14.9 Å². The zero-order valence-electron chi connectivity index (χ0n) is 11.3. The van der Waals surface area contributed by atoms with E-state index >= 15 is 0 Å². The van der Waals surface area contributed by atoms with Crippen molar-refractivity contribution < 1.29 is 9.59 Å². The molecular weight excluding hydrogens is 313 g/mol. The number of hydrogen-bond acceptors (Lipinski definition) is 3. The fourth-order valence-electron chi connectivity index (χ4n) is 1.58. The summed E-state index contributed by atoms with van der Waals surface area (Å²) in [7, 11) is 1.46. The number of hydrogen-bond donors (Lipinski definition) is 1. The van der Waals surface area contributed by atoms with E-state index in [2.05, 4.69) is 11.9 Å². The van der Waals surface area contributed by atoms with Gasteiger partial charge in [-0.1, -0.05) is 41.9 Å². The zero-order valence-corrected chi connectivity index (χ0v) is 12.8. The van der Waals surface area contributed by atoms with Crippen molar-refractivity contribution in [1.29, 1.82) is 5.26 Å². The second-order valence-corrected chi connectivity index (χ2v) is 4.96. The van der Waals surface area contributed by atoms with E-state index in [0.29, 0.717) is 10.6 Å². The number of amides is 2. The number of carbonyl (C=O) groups is 2. The van der Waals surface area contributed by atoms with Crippen molar-refractivity contribution in [3.8, 4) is 6.07 Å². The highest BCUT2D eigenvalue weighted by molar-refractivity contribution is 6.42. The molecule has 0 aliphatic heterocycles. The molecule has 21 heavy (non-hydrogen) atoms. The highest BCUT2D eigenvalue weighted by Crippen LogP contribution is 2.29. The predicted molar refractivity (Wildman–Crippen MR) is 80.8 cm³/mol. The van der Waals surface area contributed by atoms with Gasteiger partial charge in [0.2, 0.25) is 11.8 Å². The number of nitrogens with zero attached hydrogens (tertiary/aromatic N) is 2. The summed E-state index contributed by atoms with van der Waals surface area (Å²) in [6.07, 6.45) is 1.10. The lowest BCUT2D eigenvalue weighted by Crippen LogP contribution is -2.39. The van der Waals surface area contributed by atoms with Gasteiger partial charge < -0.3 is 10.2 Å². The third kappa shape index (κ3) is 4.48. The molecule has 1 aromatic rings. The molecule has 0 heterocycles. The van der Waals surface area contributed by atoms with Crippen molar-refractivity contribution in [2.45, 2.75) is 6.04 Å². The van der Waals surface area contributed by atoms with Gasteiger partial charge in [0.1, 0.15) is 6.04 Å². The number of nitrogens with one attached hydrogen (secondary N) is 1. The summed E-state index contributed by atoms with van der Waals surface area (Å²) >= 11 is 11.9. The first kappa shape index (κ1) is 17.0. The molecule has 0 bridgehead atoms. The summed E-state index contributed by atoms with van der Waals surface area (Å²) in [5.41, 5.74) is 0.401. The van der Waals surface area contributed by atoms with Gasteiger partial charge in [-0.25, -0.2) is 0 Å². The van der Waals surface area contributed by atoms with E-state index in [0.717, 1.165) is 6.08 Å². The molecular formula is C14H13Cl2N3O2. The van der Waals surface area contributed by atoms with Crippen molar-refractivity contribution in [1.82, 2.24) is 10.2 Å². The first-order valence-corrected chi connectivity index (χ1v) is 6.66. The van der Waals surface area contributed by atoms with Gasteiger partial charge in [-0.05, 0) is 12.1 Å². The summed E-state index contributed by atoms with van der Waals surface area (Å²) in [5, 5.41) is 12.2. The van der Waals surface area contributed by atoms with E-state index < -0.39 is 11.9 Å². The van der Waals surface area contributed by atoms with Gasteiger partial charge >= 0.3 is 0 Å². The Morgan fingerprint density at radius 2 is 2.19 bits per heavy atom. The molecule has 7 heteroatoms. The molecule has 1 N–H and O–H groups in total. The molecule has 1 atom stereocenters. The molecule has 0 aliphatic carbocycles. The van der Waals surface area contributed by atoms with Crippen molar-refractivity contribution in [2.75, 3.05) is 13.6 Å². The van der Waals surface area contributed by atoms with E-state index in [4.69, 9.17) is 23.2 Å². The smallest absolute Gasteiger partial charge is 0.246 e. The minimum atomic E-state index is -0.948. The normalized spacial score (nSPS) is 11.1. The molecule has 1 aromatic carbocycles. The van der Waals surface area contributed by atoms with Crippen LogP contribution in [0.1, 0.15) is 11.6 Å². The van der Waals surface area contributed by atoms with Crippen LogP contribution in [0.5, 0.6) is 0 Å². The lowest BCUT2D eigenvalue weighted by Gasteiger charge is -2.18. The number of nitriles is 1. The summed E-state index contributed by atoms with van der Waals surface area (Å²) < 4.78 is 0. The van der Waals surface area contributed by atoms with Gasteiger partial charge in [0.25, 0.3) is 0 Å². The van der Waals surface area contributed by atoms with Gasteiger partial charge in [0, 0.05) is 12.6 Å². The molecule has 0 aromatic heterocycles. The van der Waals surface area contributed by atoms with Crippen LogP contribution >= 0.6 is 23.2 Å². The van der Waals surface area contributed by atoms with Crippen molar-refractivity contribution in [2.24, 2.45) is 0 Å². The third-order valence-electron chi connectivity index (χ3n) is 2.66. The molecule has 0 saturated heterocycles. The van der Waals surface area contributed by atoms with Crippen LogP contribution in [0, 0.1) is 11.3 Å². The van der Waals surface area contributed by atoms with Crippen molar-refractivity contribution >= 4 is 35.0 Å². The molecule has 1 unspecified atom stereocenters. The largest absolute Gasteiger partial charge is 0.335 e. The fraction of sp³-hybridized carbons (Fsp3) is 0.214. The predicted octanol–water partition coefficient (Wildman–Crippen LogP) is 2.32. The van der Waals surface area contributed by atoms with E-state index in [-0.39, 0.29) is 17.5 Å². The average Bonchev–Trinajstić information content (AvgIpc) is 2.46. The molecule has 2 amide bonds. The monoisotopic (exact) mass is 325 g/mol. The van der Waals surface area contributed by atoms with E-state index in [1.165, 1.54) is 11.9 Å². The van der Waals surface area contributed by atoms with Gasteiger partial charge in [-0.15, -0.1) is 0 Å². The summed E-state index contributed by atoms with van der Waals surface area (Å²) in [5.74, 6) is -0.880. The number of benzene rings is 1. The van der Waals surface area contributed by atoms with Crippen LogP contribution in [-0.4, -0.2) is 30.3 Å². The van der Waals surface area contributed by atoms with E-state index in [1.807, 2.05) is 6.07 Å². The topological polar surface area (TPSA) is 73.2 Å². The molecule has 110 valence electrons. The fourth-order valence-corrected chi connectivity index (χ4v) is 2.00. The molecule has 0 saturated carbocycles. The Morgan fingerprint density at radius 3 is 2.76 bits per heavy atom. The van der Waals surface area contributed by atoms with Crippen LogP contribution in [0.15, 0.2) is 30.9 Å². The van der Waals surface area contributed by atoms with E-state index in [1.54, 1.807) is 18.2 Å². The summed E-state index contributed by atoms with van der Waals surface area (Å²) in [6.45, 7) is 3.13. The molecule has 0 fully saturated rings. The van der Waals surface area contributed by atoms with Crippen LogP contribution < -0.4 is 5.32 Å². The number of rotatable bonds is 5. The van der Waals surface area contributed by atoms with Gasteiger partial charge in [0.05, 0.1) is 22.7 Å². The Labute approximate surface area is 132 Å². The Bertz CT molecular complexity index is 611. The van der Waals surface area contributed by atoms with Gasteiger partial charge in [-0.3, -0.25) is 9.59 Å². The average molecular weight is 326 g/mol. The number of halogens is 2. The Hall–Kier alpha value is -2.03. The van der Waals surface area contributed by atoms with Crippen LogP contribution in [-0.2, 0) is 9.59 Å². The van der Waals surface area contributed by atoms with Crippen LogP contribution in [0.3, 0.4) is 0 Å². The van der Waals surface area contributed by atoms with Gasteiger partial charge in [0.15, 0.2) is 0 Å². The lowest BCUT2D eigenvalue weighted by molar-refractivity contribution is -0.131. The summed E-state index contributed by atoms with van der Waals surface area (Å²) in [6, 6.07) is 5.80. The van der Waals surface area contributed by atoms with Crippen molar-refractivity contribution in [3.63, 3.8) is 0 Å². The summed E-state index contributed by atoms with van der Waals surface area (Å²) in [4.78, 5) is 24.3. The Balaban J connectivity index is 2.82. The molecule has 0 radical (unpaired) electrons. The number of likely N-dealkylation sites (N-methyl/N-ethyl adjacent to an activating group) is 1. The maximum absolute atomic E-state index is 11.8.